The molecule has 0 unspecified atom stereocenters. The molecule has 0 spiro atoms. The molecule has 0 amide bonds. The number of carbonyl (C=O) groups is 1. The smallest absolute Gasteiger partial charge is 0.129 e. The third-order valence-electron chi connectivity index (χ3n) is 2.94. The number of likely N-dealkylation sites (tertiary alicyclic amines) is 1. The summed E-state index contributed by atoms with van der Waals surface area (Å²) in [5.74, 6) is 0.305. The Labute approximate surface area is 92.8 Å². The molecule has 0 aromatic carbocycles. The lowest BCUT2D eigenvalue weighted by molar-refractivity contribution is -0.117. The average molecular weight is 213 g/mol. The zero-order valence-corrected chi connectivity index (χ0v) is 10.00. The van der Waals surface area contributed by atoms with E-state index in [-0.39, 0.29) is 0 Å². The molecule has 0 atom stereocenters. The Morgan fingerprint density at radius 2 is 2.07 bits per heavy atom. The molecule has 3 heteroatoms. The summed E-state index contributed by atoms with van der Waals surface area (Å²) >= 11 is 0. The van der Waals surface area contributed by atoms with Crippen molar-refractivity contribution in [2.45, 2.75) is 45.6 Å². The van der Waals surface area contributed by atoms with Crippen molar-refractivity contribution in [1.29, 1.82) is 0 Å². The Morgan fingerprint density at radius 1 is 1.40 bits per heavy atom. The maximum Gasteiger partial charge on any atom is 0.129 e. The van der Waals surface area contributed by atoms with E-state index in [1.165, 1.54) is 0 Å². The number of hydrogen-bond donors (Lipinski definition) is 0. The van der Waals surface area contributed by atoms with Crippen LogP contribution in [0.25, 0.3) is 0 Å². The van der Waals surface area contributed by atoms with Gasteiger partial charge in [-0.25, -0.2) is 0 Å². The van der Waals surface area contributed by atoms with E-state index in [9.17, 15) is 4.79 Å². The van der Waals surface area contributed by atoms with Crippen LogP contribution in [0.4, 0.5) is 0 Å². The Kier molecular flexibility index (Phi) is 5.88. The zero-order chi connectivity index (χ0) is 11.1. The maximum atomic E-state index is 10.8. The molecule has 15 heavy (non-hydrogen) atoms. The second-order valence-corrected chi connectivity index (χ2v) is 4.30. The molecule has 0 bridgehead atoms. The van der Waals surface area contributed by atoms with Gasteiger partial charge in [0.15, 0.2) is 0 Å². The van der Waals surface area contributed by atoms with Crippen molar-refractivity contribution in [3.05, 3.63) is 0 Å². The van der Waals surface area contributed by atoms with Crippen LogP contribution < -0.4 is 0 Å². The Hall–Kier alpha value is -0.410. The van der Waals surface area contributed by atoms with E-state index in [1.54, 1.807) is 6.92 Å². The number of Topliss-reactive ketones (excluding diaryl/α,β-unsaturated/α-hetero) is 1. The van der Waals surface area contributed by atoms with E-state index in [0.717, 1.165) is 51.9 Å². The minimum Gasteiger partial charge on any atom is -0.378 e. The van der Waals surface area contributed by atoms with Gasteiger partial charge in [0.25, 0.3) is 0 Å². The van der Waals surface area contributed by atoms with E-state index in [4.69, 9.17) is 4.74 Å². The Bertz CT molecular complexity index is 186. The lowest BCUT2D eigenvalue weighted by Gasteiger charge is -2.31. The SMILES string of the molecule is CCOC1CCN(CCCC(C)=O)CC1. The Balaban J connectivity index is 2.06. The summed E-state index contributed by atoms with van der Waals surface area (Å²) in [7, 11) is 0. The molecule has 1 saturated heterocycles. The summed E-state index contributed by atoms with van der Waals surface area (Å²) in [6, 6.07) is 0. The first-order valence-electron chi connectivity index (χ1n) is 6.05. The molecular formula is C12H23NO2. The fraction of sp³-hybridized carbons (Fsp3) is 0.917. The summed E-state index contributed by atoms with van der Waals surface area (Å²) in [5.41, 5.74) is 0. The van der Waals surface area contributed by atoms with Gasteiger partial charge in [-0.2, -0.15) is 0 Å². The fourth-order valence-corrected chi connectivity index (χ4v) is 2.09. The quantitative estimate of drug-likeness (QED) is 0.674. The van der Waals surface area contributed by atoms with Gasteiger partial charge in [-0.3, -0.25) is 0 Å². The van der Waals surface area contributed by atoms with Gasteiger partial charge in [-0.1, -0.05) is 0 Å². The highest BCUT2D eigenvalue weighted by Gasteiger charge is 2.18. The standard InChI is InChI=1S/C12H23NO2/c1-3-15-12-6-9-13(10-7-12)8-4-5-11(2)14/h12H,3-10H2,1-2H3. The first-order valence-corrected chi connectivity index (χ1v) is 6.05. The number of nitrogens with zero attached hydrogens (tertiary/aromatic N) is 1. The molecule has 1 aliphatic rings. The molecule has 0 aromatic rings. The normalized spacial score (nSPS) is 19.3. The number of hydrogen-bond acceptors (Lipinski definition) is 3. The van der Waals surface area contributed by atoms with Crippen molar-refractivity contribution < 1.29 is 9.53 Å². The molecule has 0 aliphatic carbocycles. The van der Waals surface area contributed by atoms with Crippen LogP contribution in [0.2, 0.25) is 0 Å². The lowest BCUT2D eigenvalue weighted by Crippen LogP contribution is -2.37. The first kappa shape index (κ1) is 12.7. The Morgan fingerprint density at radius 3 is 2.60 bits per heavy atom. The molecule has 0 N–H and O–H groups in total. The minimum atomic E-state index is 0.305. The van der Waals surface area contributed by atoms with E-state index in [2.05, 4.69) is 11.8 Å². The van der Waals surface area contributed by atoms with Crippen molar-refractivity contribution in [1.82, 2.24) is 4.90 Å². The van der Waals surface area contributed by atoms with Crippen molar-refractivity contribution in [2.24, 2.45) is 0 Å². The molecule has 1 fully saturated rings. The molecule has 1 aliphatic heterocycles. The molecular weight excluding hydrogens is 190 g/mol. The van der Waals surface area contributed by atoms with Gasteiger partial charge >= 0.3 is 0 Å². The minimum absolute atomic E-state index is 0.305. The first-order chi connectivity index (χ1) is 7.22. The van der Waals surface area contributed by atoms with E-state index in [0.29, 0.717) is 11.9 Å². The van der Waals surface area contributed by atoms with Crippen molar-refractivity contribution in [3.63, 3.8) is 0 Å². The number of carbonyl (C=O) groups excluding carboxylic acids is 1. The topological polar surface area (TPSA) is 29.5 Å². The maximum absolute atomic E-state index is 10.8. The van der Waals surface area contributed by atoms with Crippen LogP contribution in [0.5, 0.6) is 0 Å². The highest BCUT2D eigenvalue weighted by atomic mass is 16.5. The summed E-state index contributed by atoms with van der Waals surface area (Å²) in [5, 5.41) is 0. The van der Waals surface area contributed by atoms with E-state index in [1.807, 2.05) is 0 Å². The van der Waals surface area contributed by atoms with Crippen molar-refractivity contribution >= 4 is 5.78 Å². The number of ether oxygens (including phenoxy) is 1. The third kappa shape index (κ3) is 5.28. The van der Waals surface area contributed by atoms with Crippen LogP contribution in [-0.4, -0.2) is 43.0 Å². The largest absolute Gasteiger partial charge is 0.378 e. The molecule has 1 heterocycles. The highest BCUT2D eigenvalue weighted by Crippen LogP contribution is 2.13. The highest BCUT2D eigenvalue weighted by molar-refractivity contribution is 5.75. The summed E-state index contributed by atoms with van der Waals surface area (Å²) in [6.45, 7) is 7.87. The van der Waals surface area contributed by atoms with Crippen molar-refractivity contribution in [2.75, 3.05) is 26.2 Å². The summed E-state index contributed by atoms with van der Waals surface area (Å²) in [6.07, 6.45) is 4.50. The molecule has 88 valence electrons. The predicted octanol–water partition coefficient (Wildman–Crippen LogP) is 1.86. The zero-order valence-electron chi connectivity index (χ0n) is 10.00. The van der Waals surface area contributed by atoms with E-state index >= 15 is 0 Å². The number of ketones is 1. The van der Waals surface area contributed by atoms with Crippen LogP contribution in [0.15, 0.2) is 0 Å². The fourth-order valence-electron chi connectivity index (χ4n) is 2.09. The van der Waals surface area contributed by atoms with Gasteiger partial charge in [0, 0.05) is 26.1 Å². The second-order valence-electron chi connectivity index (χ2n) is 4.30. The van der Waals surface area contributed by atoms with Gasteiger partial charge in [0.2, 0.25) is 0 Å². The van der Waals surface area contributed by atoms with Gasteiger partial charge in [0.1, 0.15) is 5.78 Å². The van der Waals surface area contributed by atoms with Gasteiger partial charge in [-0.15, -0.1) is 0 Å². The second kappa shape index (κ2) is 6.96. The molecule has 0 saturated carbocycles. The molecule has 0 radical (unpaired) electrons. The third-order valence-corrected chi connectivity index (χ3v) is 2.94. The van der Waals surface area contributed by atoms with Crippen LogP contribution in [0, 0.1) is 0 Å². The van der Waals surface area contributed by atoms with Gasteiger partial charge < -0.3 is 14.4 Å². The molecule has 1 rings (SSSR count). The summed E-state index contributed by atoms with van der Waals surface area (Å²) < 4.78 is 5.59. The summed E-state index contributed by atoms with van der Waals surface area (Å²) in [4.78, 5) is 13.2. The van der Waals surface area contributed by atoms with E-state index < -0.39 is 0 Å². The number of piperidine rings is 1. The molecule has 0 aromatic heterocycles. The van der Waals surface area contributed by atoms with Crippen LogP contribution in [0.3, 0.4) is 0 Å². The lowest BCUT2D eigenvalue weighted by atomic mass is 10.1. The average Bonchev–Trinajstić information content (AvgIpc) is 2.20. The predicted molar refractivity (Wildman–Crippen MR) is 61.0 cm³/mol. The number of rotatable bonds is 6. The molecule has 3 nitrogen and oxygen atoms in total. The monoisotopic (exact) mass is 213 g/mol. The van der Waals surface area contributed by atoms with Gasteiger partial charge in [-0.05, 0) is 39.7 Å². The van der Waals surface area contributed by atoms with Crippen LogP contribution in [0.1, 0.15) is 39.5 Å². The van der Waals surface area contributed by atoms with Gasteiger partial charge in [0.05, 0.1) is 6.10 Å². The van der Waals surface area contributed by atoms with Crippen LogP contribution in [-0.2, 0) is 9.53 Å². The van der Waals surface area contributed by atoms with Crippen LogP contribution >= 0.6 is 0 Å². The van der Waals surface area contributed by atoms with Crippen molar-refractivity contribution in [3.8, 4) is 0 Å².